The molecule has 33 heavy (non-hydrogen) atoms. The molecule has 16 heteroatoms. The van der Waals surface area contributed by atoms with Crippen LogP contribution in [0, 0.1) is 10.1 Å². The number of sulfonamides is 1. The fourth-order valence-electron chi connectivity index (χ4n) is 3.26. The third-order valence-electron chi connectivity index (χ3n) is 4.87. The van der Waals surface area contributed by atoms with Crippen molar-refractivity contribution in [1.29, 1.82) is 0 Å². The largest absolute Gasteiger partial charge is 0.416 e. The summed E-state index contributed by atoms with van der Waals surface area (Å²) in [6, 6.07) is 3.82. The molecule has 0 spiro atoms. The van der Waals surface area contributed by atoms with E-state index in [0.29, 0.717) is 27.8 Å². The average molecular weight is 541 g/mol. The number of nitro benzene ring substituents is 1. The minimum absolute atomic E-state index is 0.0492. The number of hydrogen-bond donors (Lipinski definition) is 0. The molecule has 176 valence electrons. The van der Waals surface area contributed by atoms with Crippen LogP contribution in [0.15, 0.2) is 33.3 Å². The monoisotopic (exact) mass is 540 g/mol. The van der Waals surface area contributed by atoms with E-state index in [-0.39, 0.29) is 40.2 Å². The second-order valence-corrected chi connectivity index (χ2v) is 11.7. The van der Waals surface area contributed by atoms with Gasteiger partial charge in [-0.25, -0.2) is 8.42 Å². The second kappa shape index (κ2) is 8.47. The van der Waals surface area contributed by atoms with E-state index in [1.165, 1.54) is 16.4 Å². The topological polar surface area (TPSA) is 114 Å². The first kappa shape index (κ1) is 23.8. The molecule has 0 saturated carbocycles. The molecule has 0 amide bonds. The summed E-state index contributed by atoms with van der Waals surface area (Å²) >= 11 is 7.46. The van der Waals surface area contributed by atoms with Gasteiger partial charge in [-0.3, -0.25) is 14.9 Å². The number of alkyl halides is 3. The van der Waals surface area contributed by atoms with Crippen LogP contribution < -0.4 is 10.5 Å². The molecule has 2 aromatic heterocycles. The van der Waals surface area contributed by atoms with Crippen LogP contribution in [0.4, 0.5) is 24.0 Å². The number of nitro groups is 1. The van der Waals surface area contributed by atoms with Crippen molar-refractivity contribution < 1.29 is 26.5 Å². The number of benzene rings is 1. The van der Waals surface area contributed by atoms with Gasteiger partial charge in [-0.05, 0) is 18.2 Å². The van der Waals surface area contributed by atoms with Gasteiger partial charge in [0.05, 0.1) is 20.2 Å². The molecule has 1 fully saturated rings. The summed E-state index contributed by atoms with van der Waals surface area (Å²) in [7, 11) is -3.76. The summed E-state index contributed by atoms with van der Waals surface area (Å²) < 4.78 is 66.2. The summed E-state index contributed by atoms with van der Waals surface area (Å²) in [4.78, 5) is 28.3. The summed E-state index contributed by atoms with van der Waals surface area (Å²) in [6.07, 6.45) is -4.87. The average Bonchev–Trinajstić information content (AvgIpc) is 3.19. The van der Waals surface area contributed by atoms with Crippen LogP contribution >= 0.6 is 34.3 Å². The van der Waals surface area contributed by atoms with E-state index in [4.69, 9.17) is 11.6 Å². The SMILES string of the molecule is O=c1nc(N2CCN(S(=O)(=O)c3ccc(Cl)s3)CC2)sc2c([N+](=O)[O-])cc(C(F)(F)F)cc12. The normalized spacial score (nSPS) is 15.8. The molecule has 9 nitrogen and oxygen atoms in total. The van der Waals surface area contributed by atoms with Crippen molar-refractivity contribution in [3.8, 4) is 0 Å². The maximum atomic E-state index is 13.1. The highest BCUT2D eigenvalue weighted by Crippen LogP contribution is 2.38. The Bertz CT molecular complexity index is 1420. The van der Waals surface area contributed by atoms with Crippen molar-refractivity contribution in [1.82, 2.24) is 9.29 Å². The van der Waals surface area contributed by atoms with Crippen LogP contribution in [0.5, 0.6) is 0 Å². The predicted molar refractivity (Wildman–Crippen MR) is 118 cm³/mol. The highest BCUT2D eigenvalue weighted by molar-refractivity contribution is 7.91. The fourth-order valence-corrected chi connectivity index (χ4v) is 7.44. The zero-order valence-corrected chi connectivity index (χ0v) is 19.4. The van der Waals surface area contributed by atoms with Gasteiger partial charge in [0.25, 0.3) is 21.3 Å². The minimum Gasteiger partial charge on any atom is -0.345 e. The van der Waals surface area contributed by atoms with E-state index >= 15 is 0 Å². The molecule has 1 aliphatic heterocycles. The van der Waals surface area contributed by atoms with Crippen molar-refractivity contribution >= 4 is 65.2 Å². The molecule has 0 radical (unpaired) electrons. The number of piperazine rings is 1. The van der Waals surface area contributed by atoms with Gasteiger partial charge in [0.15, 0.2) is 5.13 Å². The Labute approximate surface area is 196 Å². The highest BCUT2D eigenvalue weighted by Gasteiger charge is 2.35. The van der Waals surface area contributed by atoms with Crippen molar-refractivity contribution in [2.75, 3.05) is 31.1 Å². The quantitative estimate of drug-likeness (QED) is 0.365. The van der Waals surface area contributed by atoms with Gasteiger partial charge in [-0.15, -0.1) is 11.3 Å². The number of anilines is 1. The number of rotatable bonds is 4. The zero-order valence-electron chi connectivity index (χ0n) is 16.2. The molecular formula is C17H12ClF3N4O5S3. The number of halogens is 4. The van der Waals surface area contributed by atoms with Gasteiger partial charge in [0, 0.05) is 32.2 Å². The molecular weight excluding hydrogens is 529 g/mol. The molecule has 0 aliphatic carbocycles. The number of non-ortho nitro benzene ring substituents is 1. The van der Waals surface area contributed by atoms with Crippen LogP contribution in [-0.4, -0.2) is 48.8 Å². The number of fused-ring (bicyclic) bond motifs is 1. The number of thiophene rings is 1. The third kappa shape index (κ3) is 4.55. The van der Waals surface area contributed by atoms with E-state index in [0.717, 1.165) is 11.3 Å². The van der Waals surface area contributed by atoms with Crippen LogP contribution in [0.2, 0.25) is 4.34 Å². The van der Waals surface area contributed by atoms with E-state index in [1.807, 2.05) is 0 Å². The highest BCUT2D eigenvalue weighted by atomic mass is 35.5. The first-order valence-corrected chi connectivity index (χ1v) is 12.5. The lowest BCUT2D eigenvalue weighted by Crippen LogP contribution is -2.48. The van der Waals surface area contributed by atoms with Gasteiger partial charge in [-0.1, -0.05) is 22.9 Å². The lowest BCUT2D eigenvalue weighted by Gasteiger charge is -2.33. The van der Waals surface area contributed by atoms with Gasteiger partial charge in [-0.2, -0.15) is 22.5 Å². The van der Waals surface area contributed by atoms with Crippen molar-refractivity contribution in [2.24, 2.45) is 0 Å². The standard InChI is InChI=1S/C17H12ClF3N4O5S3/c18-12-1-2-13(31-12)33(29,30)24-5-3-23(4-6-24)16-22-15(26)10-7-9(17(19,20)21)8-11(25(27)28)14(10)32-16/h1-2,7-8H,3-6H2. The molecule has 1 aromatic carbocycles. The Morgan fingerprint density at radius 3 is 2.33 bits per heavy atom. The van der Waals surface area contributed by atoms with Crippen molar-refractivity contribution in [3.63, 3.8) is 0 Å². The Morgan fingerprint density at radius 2 is 1.79 bits per heavy atom. The van der Waals surface area contributed by atoms with Crippen LogP contribution in [0.3, 0.4) is 0 Å². The summed E-state index contributed by atoms with van der Waals surface area (Å²) in [5.74, 6) is 0. The molecule has 0 atom stereocenters. The summed E-state index contributed by atoms with van der Waals surface area (Å²) in [5.41, 5.74) is -3.19. The fraction of sp³-hybridized carbons (Fsp3) is 0.294. The summed E-state index contributed by atoms with van der Waals surface area (Å²) in [6.45, 7) is 0.351. The van der Waals surface area contributed by atoms with E-state index in [1.54, 1.807) is 4.90 Å². The van der Waals surface area contributed by atoms with E-state index in [2.05, 4.69) is 4.98 Å². The van der Waals surface area contributed by atoms with Crippen LogP contribution in [-0.2, 0) is 16.2 Å². The lowest BCUT2D eigenvalue weighted by molar-refractivity contribution is -0.383. The molecule has 4 rings (SSSR count). The molecule has 0 N–H and O–H groups in total. The van der Waals surface area contributed by atoms with Crippen LogP contribution in [0.1, 0.15) is 5.56 Å². The van der Waals surface area contributed by atoms with Gasteiger partial charge in [0.2, 0.25) is 0 Å². The Balaban J connectivity index is 1.66. The van der Waals surface area contributed by atoms with E-state index in [9.17, 15) is 36.5 Å². The van der Waals surface area contributed by atoms with Crippen LogP contribution in [0.25, 0.3) is 10.1 Å². The molecule has 0 unspecified atom stereocenters. The van der Waals surface area contributed by atoms with Gasteiger partial charge >= 0.3 is 6.18 Å². The van der Waals surface area contributed by atoms with Gasteiger partial charge < -0.3 is 4.90 Å². The lowest BCUT2D eigenvalue weighted by atomic mass is 10.1. The summed E-state index contributed by atoms with van der Waals surface area (Å²) in [5, 5.41) is 11.0. The molecule has 1 saturated heterocycles. The molecule has 3 aromatic rings. The maximum Gasteiger partial charge on any atom is 0.416 e. The first-order valence-electron chi connectivity index (χ1n) is 9.09. The Morgan fingerprint density at radius 1 is 1.12 bits per heavy atom. The maximum absolute atomic E-state index is 13.1. The molecule has 3 heterocycles. The molecule has 0 bridgehead atoms. The van der Waals surface area contributed by atoms with Crippen molar-refractivity contribution in [3.05, 3.63) is 54.6 Å². The Hall–Kier alpha value is -2.33. The number of hydrogen-bond acceptors (Lipinski definition) is 9. The van der Waals surface area contributed by atoms with Crippen molar-refractivity contribution in [2.45, 2.75) is 10.4 Å². The first-order chi connectivity index (χ1) is 15.4. The van der Waals surface area contributed by atoms with Gasteiger partial charge in [0.1, 0.15) is 8.91 Å². The predicted octanol–water partition coefficient (Wildman–Crippen LogP) is 3.81. The van der Waals surface area contributed by atoms with E-state index < -0.39 is 43.3 Å². The smallest absolute Gasteiger partial charge is 0.345 e. The Kier molecular flexibility index (Phi) is 6.11. The second-order valence-electron chi connectivity index (χ2n) is 6.88. The third-order valence-corrected chi connectivity index (χ3v) is 9.63. The zero-order chi connectivity index (χ0) is 24.1. The number of nitrogens with zero attached hydrogens (tertiary/aromatic N) is 4. The number of aromatic nitrogens is 1. The molecule has 1 aliphatic rings. The minimum atomic E-state index is -4.87.